The van der Waals surface area contributed by atoms with Gasteiger partial charge >= 0.3 is 5.97 Å². The highest BCUT2D eigenvalue weighted by Crippen LogP contribution is 2.18. The summed E-state index contributed by atoms with van der Waals surface area (Å²) in [6.45, 7) is 3.98. The standard InChI is InChI=1S/C10H15NO4/c1-3-11(6-7-14-2)9-5-4-8(15-9)10(12)13/h4-5H,3,6-7H2,1-2H3,(H,12,13). The molecule has 5 nitrogen and oxygen atoms in total. The zero-order valence-electron chi connectivity index (χ0n) is 8.90. The number of carboxylic acids is 1. The van der Waals surface area contributed by atoms with Crippen LogP contribution in [0.3, 0.4) is 0 Å². The summed E-state index contributed by atoms with van der Waals surface area (Å²) in [4.78, 5) is 12.5. The fraction of sp³-hybridized carbons (Fsp3) is 0.500. The van der Waals surface area contributed by atoms with Gasteiger partial charge < -0.3 is 19.2 Å². The molecule has 0 aliphatic heterocycles. The van der Waals surface area contributed by atoms with Crippen LogP contribution in [0.1, 0.15) is 17.5 Å². The van der Waals surface area contributed by atoms with Crippen molar-refractivity contribution >= 4 is 11.9 Å². The van der Waals surface area contributed by atoms with Crippen LogP contribution in [-0.2, 0) is 4.74 Å². The zero-order chi connectivity index (χ0) is 11.3. The molecule has 1 aromatic heterocycles. The van der Waals surface area contributed by atoms with Gasteiger partial charge in [0, 0.05) is 26.3 Å². The number of aromatic carboxylic acids is 1. The molecule has 0 aliphatic carbocycles. The Morgan fingerprint density at radius 1 is 1.60 bits per heavy atom. The lowest BCUT2D eigenvalue weighted by atomic mass is 10.4. The van der Waals surface area contributed by atoms with Gasteiger partial charge in [-0.25, -0.2) is 4.79 Å². The molecule has 5 heteroatoms. The number of furan rings is 1. The maximum atomic E-state index is 10.6. The Hall–Kier alpha value is -1.49. The number of hydrogen-bond donors (Lipinski definition) is 1. The molecule has 0 atom stereocenters. The third-order valence-electron chi connectivity index (χ3n) is 2.06. The van der Waals surface area contributed by atoms with Gasteiger partial charge in [0.15, 0.2) is 5.88 Å². The first-order chi connectivity index (χ1) is 7.19. The van der Waals surface area contributed by atoms with Crippen LogP contribution in [0.15, 0.2) is 16.5 Å². The summed E-state index contributed by atoms with van der Waals surface area (Å²) in [5.74, 6) is -0.531. The number of carboxylic acid groups (broad SMARTS) is 1. The molecule has 1 N–H and O–H groups in total. The summed E-state index contributed by atoms with van der Waals surface area (Å²) in [5.41, 5.74) is 0. The SMILES string of the molecule is CCN(CCOC)c1ccc(C(=O)O)o1. The van der Waals surface area contributed by atoms with Crippen molar-refractivity contribution in [3.63, 3.8) is 0 Å². The zero-order valence-corrected chi connectivity index (χ0v) is 8.90. The molecule has 0 unspecified atom stereocenters. The van der Waals surface area contributed by atoms with E-state index in [2.05, 4.69) is 0 Å². The third kappa shape index (κ3) is 2.99. The quantitative estimate of drug-likeness (QED) is 0.774. The molecule has 0 bridgehead atoms. The normalized spacial score (nSPS) is 10.3. The van der Waals surface area contributed by atoms with E-state index in [1.807, 2.05) is 11.8 Å². The highest BCUT2D eigenvalue weighted by molar-refractivity contribution is 5.84. The summed E-state index contributed by atoms with van der Waals surface area (Å²) in [7, 11) is 1.62. The van der Waals surface area contributed by atoms with Crippen molar-refractivity contribution in [2.24, 2.45) is 0 Å². The molecule has 0 saturated heterocycles. The lowest BCUT2D eigenvalue weighted by Crippen LogP contribution is -2.26. The van der Waals surface area contributed by atoms with E-state index >= 15 is 0 Å². The lowest BCUT2D eigenvalue weighted by molar-refractivity contribution is 0.0663. The van der Waals surface area contributed by atoms with E-state index in [-0.39, 0.29) is 5.76 Å². The van der Waals surface area contributed by atoms with Crippen LogP contribution in [-0.4, -0.2) is 37.9 Å². The van der Waals surface area contributed by atoms with Crippen LogP contribution in [0.25, 0.3) is 0 Å². The van der Waals surface area contributed by atoms with E-state index in [4.69, 9.17) is 14.3 Å². The number of methoxy groups -OCH3 is 1. The minimum Gasteiger partial charge on any atom is -0.475 e. The van der Waals surface area contributed by atoms with Crippen molar-refractivity contribution in [2.75, 3.05) is 31.7 Å². The van der Waals surface area contributed by atoms with Gasteiger partial charge in [-0.15, -0.1) is 0 Å². The van der Waals surface area contributed by atoms with Crippen LogP contribution < -0.4 is 4.90 Å². The molecule has 15 heavy (non-hydrogen) atoms. The van der Waals surface area contributed by atoms with Gasteiger partial charge in [-0.2, -0.15) is 0 Å². The highest BCUT2D eigenvalue weighted by atomic mass is 16.5. The van der Waals surface area contributed by atoms with Crippen LogP contribution >= 0.6 is 0 Å². The molecule has 0 aliphatic rings. The topological polar surface area (TPSA) is 62.9 Å². The summed E-state index contributed by atoms with van der Waals surface area (Å²) >= 11 is 0. The molecule has 0 spiro atoms. The van der Waals surface area contributed by atoms with Crippen molar-refractivity contribution in [1.29, 1.82) is 0 Å². The maximum absolute atomic E-state index is 10.6. The second-order valence-corrected chi connectivity index (χ2v) is 3.02. The van der Waals surface area contributed by atoms with Crippen LogP contribution in [0, 0.1) is 0 Å². The Labute approximate surface area is 88.2 Å². The van der Waals surface area contributed by atoms with Crippen molar-refractivity contribution < 1.29 is 19.1 Å². The number of likely N-dealkylation sites (N-methyl/N-ethyl adjacent to an activating group) is 1. The first-order valence-corrected chi connectivity index (χ1v) is 4.76. The maximum Gasteiger partial charge on any atom is 0.371 e. The van der Waals surface area contributed by atoms with Crippen molar-refractivity contribution in [2.45, 2.75) is 6.92 Å². The molecule has 1 aromatic rings. The van der Waals surface area contributed by atoms with Gasteiger partial charge in [0.2, 0.25) is 5.76 Å². The van der Waals surface area contributed by atoms with Crippen molar-refractivity contribution in [3.8, 4) is 0 Å². The van der Waals surface area contributed by atoms with Crippen LogP contribution in [0.2, 0.25) is 0 Å². The van der Waals surface area contributed by atoms with Crippen LogP contribution in [0.4, 0.5) is 5.88 Å². The Bertz CT molecular complexity index is 321. The molecule has 0 fully saturated rings. The van der Waals surface area contributed by atoms with Gasteiger partial charge in [0.05, 0.1) is 6.61 Å². The number of nitrogens with zero attached hydrogens (tertiary/aromatic N) is 1. The fourth-order valence-corrected chi connectivity index (χ4v) is 1.24. The minimum atomic E-state index is -1.05. The fourth-order valence-electron chi connectivity index (χ4n) is 1.24. The lowest BCUT2D eigenvalue weighted by Gasteiger charge is -2.18. The Kier molecular flexibility index (Phi) is 4.17. The molecule has 84 valence electrons. The average Bonchev–Trinajstić information content (AvgIpc) is 2.68. The molecule has 1 heterocycles. The third-order valence-corrected chi connectivity index (χ3v) is 2.06. The first kappa shape index (κ1) is 11.6. The number of hydrogen-bond acceptors (Lipinski definition) is 4. The summed E-state index contributed by atoms with van der Waals surface area (Å²) in [6, 6.07) is 3.11. The van der Waals surface area contributed by atoms with Gasteiger partial charge in [-0.1, -0.05) is 0 Å². The van der Waals surface area contributed by atoms with E-state index in [9.17, 15) is 4.79 Å². The molecular formula is C10H15NO4. The number of rotatable bonds is 6. The van der Waals surface area contributed by atoms with E-state index in [0.29, 0.717) is 19.0 Å². The number of ether oxygens (including phenoxy) is 1. The predicted molar refractivity (Wildman–Crippen MR) is 55.4 cm³/mol. The van der Waals surface area contributed by atoms with E-state index in [1.54, 1.807) is 13.2 Å². The Balaban J connectivity index is 2.69. The van der Waals surface area contributed by atoms with Gasteiger partial charge in [0.1, 0.15) is 0 Å². The highest BCUT2D eigenvalue weighted by Gasteiger charge is 2.12. The predicted octanol–water partition coefficient (Wildman–Crippen LogP) is 1.45. The first-order valence-electron chi connectivity index (χ1n) is 4.76. The average molecular weight is 213 g/mol. The molecule has 0 amide bonds. The molecule has 0 radical (unpaired) electrons. The van der Waals surface area contributed by atoms with E-state index in [0.717, 1.165) is 6.54 Å². The van der Waals surface area contributed by atoms with Gasteiger partial charge in [-0.3, -0.25) is 0 Å². The minimum absolute atomic E-state index is 0.0409. The van der Waals surface area contributed by atoms with Gasteiger partial charge in [0.25, 0.3) is 0 Å². The molecule has 0 saturated carbocycles. The largest absolute Gasteiger partial charge is 0.475 e. The summed E-state index contributed by atoms with van der Waals surface area (Å²) in [5, 5.41) is 8.69. The Morgan fingerprint density at radius 3 is 2.80 bits per heavy atom. The molecular weight excluding hydrogens is 198 g/mol. The smallest absolute Gasteiger partial charge is 0.371 e. The van der Waals surface area contributed by atoms with E-state index < -0.39 is 5.97 Å². The van der Waals surface area contributed by atoms with Crippen molar-refractivity contribution in [3.05, 3.63) is 17.9 Å². The molecule has 1 rings (SSSR count). The Morgan fingerprint density at radius 2 is 2.33 bits per heavy atom. The van der Waals surface area contributed by atoms with Gasteiger partial charge in [-0.05, 0) is 13.0 Å². The summed E-state index contributed by atoms with van der Waals surface area (Å²) < 4.78 is 10.1. The second-order valence-electron chi connectivity index (χ2n) is 3.02. The van der Waals surface area contributed by atoms with Crippen molar-refractivity contribution in [1.82, 2.24) is 0 Å². The monoisotopic (exact) mass is 213 g/mol. The number of carbonyl (C=O) groups is 1. The van der Waals surface area contributed by atoms with Crippen LogP contribution in [0.5, 0.6) is 0 Å². The van der Waals surface area contributed by atoms with E-state index in [1.165, 1.54) is 6.07 Å². The number of anilines is 1. The molecule has 0 aromatic carbocycles. The summed E-state index contributed by atoms with van der Waals surface area (Å²) in [6.07, 6.45) is 0. The second kappa shape index (κ2) is 5.41.